The fourth-order valence-corrected chi connectivity index (χ4v) is 3.43. The zero-order chi connectivity index (χ0) is 17.6. The van der Waals surface area contributed by atoms with Crippen LogP contribution < -0.4 is 5.32 Å². The Labute approximate surface area is 147 Å². The Balaban J connectivity index is 1.65. The fraction of sp³-hybridized carbons (Fsp3) is 0.474. The summed E-state index contributed by atoms with van der Waals surface area (Å²) in [4.78, 5) is 27.1. The molecule has 1 aliphatic rings. The van der Waals surface area contributed by atoms with E-state index in [4.69, 9.17) is 0 Å². The predicted octanol–water partition coefficient (Wildman–Crippen LogP) is 1.42. The van der Waals surface area contributed by atoms with Gasteiger partial charge in [-0.15, -0.1) is 0 Å². The molecule has 1 aliphatic heterocycles. The van der Waals surface area contributed by atoms with Gasteiger partial charge in [-0.2, -0.15) is 0 Å². The van der Waals surface area contributed by atoms with Crippen LogP contribution in [0.5, 0.6) is 0 Å². The van der Waals surface area contributed by atoms with Crippen LogP contribution in [-0.4, -0.2) is 59.0 Å². The summed E-state index contributed by atoms with van der Waals surface area (Å²) in [5.41, 5.74) is 1.24. The maximum atomic E-state index is 12.6. The summed E-state index contributed by atoms with van der Waals surface area (Å²) in [7, 11) is 0. The van der Waals surface area contributed by atoms with Gasteiger partial charge in [-0.25, -0.2) is 0 Å². The summed E-state index contributed by atoms with van der Waals surface area (Å²) >= 11 is 0. The maximum absolute atomic E-state index is 12.6. The molecule has 0 atom stereocenters. The van der Waals surface area contributed by atoms with E-state index < -0.39 is 11.7 Å². The number of aliphatic hydroxyl groups is 1. The summed E-state index contributed by atoms with van der Waals surface area (Å²) in [6, 6.07) is 7.44. The van der Waals surface area contributed by atoms with Crippen molar-refractivity contribution in [3.05, 3.63) is 36.0 Å². The van der Waals surface area contributed by atoms with E-state index in [2.05, 4.69) is 10.2 Å². The Morgan fingerprint density at radius 3 is 2.60 bits per heavy atom. The molecule has 2 heterocycles. The number of para-hydroxylation sites is 1. The van der Waals surface area contributed by atoms with Crippen LogP contribution in [0.25, 0.3) is 10.9 Å². The van der Waals surface area contributed by atoms with Gasteiger partial charge in [-0.1, -0.05) is 24.6 Å². The Hall–Kier alpha value is -2.18. The van der Waals surface area contributed by atoms with Crippen LogP contribution in [0.1, 0.15) is 29.6 Å². The topological polar surface area (TPSA) is 74.6 Å². The van der Waals surface area contributed by atoms with Crippen molar-refractivity contribution in [1.29, 1.82) is 0 Å². The predicted molar refractivity (Wildman–Crippen MR) is 96.7 cm³/mol. The van der Waals surface area contributed by atoms with Gasteiger partial charge >= 0.3 is 0 Å². The number of aromatic nitrogens is 1. The molecule has 0 saturated carbocycles. The van der Waals surface area contributed by atoms with Crippen molar-refractivity contribution in [2.45, 2.75) is 25.8 Å². The lowest BCUT2D eigenvalue weighted by Gasteiger charge is -2.26. The molecule has 0 radical (unpaired) electrons. The average Bonchev–Trinajstić information content (AvgIpc) is 3.01. The molecule has 6 heteroatoms. The molecular weight excluding hydrogens is 318 g/mol. The molecule has 1 amide bonds. The van der Waals surface area contributed by atoms with E-state index in [1.807, 2.05) is 28.8 Å². The average molecular weight is 343 g/mol. The largest absolute Gasteiger partial charge is 0.395 e. The van der Waals surface area contributed by atoms with Crippen molar-refractivity contribution in [1.82, 2.24) is 14.8 Å². The van der Waals surface area contributed by atoms with Crippen molar-refractivity contribution in [2.24, 2.45) is 0 Å². The first kappa shape index (κ1) is 17.6. The van der Waals surface area contributed by atoms with Gasteiger partial charge in [0, 0.05) is 36.7 Å². The van der Waals surface area contributed by atoms with E-state index in [0.717, 1.165) is 30.5 Å². The van der Waals surface area contributed by atoms with E-state index in [9.17, 15) is 14.7 Å². The number of nitrogens with one attached hydrogen (secondary N) is 1. The zero-order valence-corrected chi connectivity index (χ0v) is 14.4. The lowest BCUT2D eigenvalue weighted by Crippen LogP contribution is -2.39. The number of carbonyl (C=O) groups is 2. The Morgan fingerprint density at radius 1 is 1.08 bits per heavy atom. The number of Topliss-reactive ketones (excluding diaryl/α,β-unsaturated/α-hetero) is 1. The summed E-state index contributed by atoms with van der Waals surface area (Å²) in [6.07, 6.45) is 5.35. The summed E-state index contributed by atoms with van der Waals surface area (Å²) in [6.45, 7) is 3.78. The number of piperidine rings is 1. The summed E-state index contributed by atoms with van der Waals surface area (Å²) in [5.74, 6) is -1.09. The summed E-state index contributed by atoms with van der Waals surface area (Å²) in [5, 5.41) is 12.7. The second-order valence-corrected chi connectivity index (χ2v) is 6.46. The minimum Gasteiger partial charge on any atom is -0.395 e. The van der Waals surface area contributed by atoms with Crippen LogP contribution in [-0.2, 0) is 11.3 Å². The number of rotatable bonds is 7. The van der Waals surface area contributed by atoms with Gasteiger partial charge in [-0.05, 0) is 32.0 Å². The van der Waals surface area contributed by atoms with Crippen molar-refractivity contribution < 1.29 is 14.7 Å². The van der Waals surface area contributed by atoms with Crippen molar-refractivity contribution in [2.75, 3.05) is 32.8 Å². The van der Waals surface area contributed by atoms with E-state index in [0.29, 0.717) is 18.7 Å². The van der Waals surface area contributed by atoms with Crippen molar-refractivity contribution >= 4 is 22.6 Å². The SMILES string of the molecule is O=C(NCCN1CCCCC1)C(=O)c1cn(CCO)c2ccccc12. The van der Waals surface area contributed by atoms with E-state index in [1.54, 1.807) is 6.20 Å². The van der Waals surface area contributed by atoms with Gasteiger partial charge in [0.25, 0.3) is 11.7 Å². The lowest BCUT2D eigenvalue weighted by molar-refractivity contribution is -0.117. The molecule has 25 heavy (non-hydrogen) atoms. The number of aliphatic hydroxyl groups excluding tert-OH is 1. The van der Waals surface area contributed by atoms with E-state index in [1.165, 1.54) is 19.3 Å². The first-order valence-corrected chi connectivity index (χ1v) is 8.94. The lowest BCUT2D eigenvalue weighted by atomic mass is 10.1. The van der Waals surface area contributed by atoms with Crippen LogP contribution >= 0.6 is 0 Å². The number of ketones is 1. The van der Waals surface area contributed by atoms with E-state index >= 15 is 0 Å². The first-order valence-electron chi connectivity index (χ1n) is 8.94. The van der Waals surface area contributed by atoms with E-state index in [-0.39, 0.29) is 6.61 Å². The minimum atomic E-state index is -0.566. The second-order valence-electron chi connectivity index (χ2n) is 6.46. The highest BCUT2D eigenvalue weighted by Crippen LogP contribution is 2.21. The third kappa shape index (κ3) is 4.08. The Bertz CT molecular complexity index is 747. The standard InChI is InChI=1S/C19H25N3O3/c23-13-12-22-14-16(15-6-2-3-7-17(15)22)18(24)19(25)20-8-11-21-9-4-1-5-10-21/h2-3,6-7,14,23H,1,4-5,8-13H2,(H,20,25). The molecule has 0 aliphatic carbocycles. The third-order valence-electron chi connectivity index (χ3n) is 4.74. The molecule has 1 saturated heterocycles. The van der Waals surface area contributed by atoms with Crippen LogP contribution in [0.4, 0.5) is 0 Å². The zero-order valence-electron chi connectivity index (χ0n) is 14.4. The van der Waals surface area contributed by atoms with Crippen LogP contribution in [0, 0.1) is 0 Å². The molecule has 6 nitrogen and oxygen atoms in total. The molecule has 1 fully saturated rings. The maximum Gasteiger partial charge on any atom is 0.292 e. The second kappa shape index (κ2) is 8.27. The number of hydrogen-bond donors (Lipinski definition) is 2. The highest BCUT2D eigenvalue weighted by atomic mass is 16.3. The van der Waals surface area contributed by atoms with Gasteiger partial charge in [0.15, 0.2) is 0 Å². The Morgan fingerprint density at radius 2 is 1.84 bits per heavy atom. The molecule has 3 rings (SSSR count). The van der Waals surface area contributed by atoms with Gasteiger partial charge in [0.2, 0.25) is 0 Å². The summed E-state index contributed by atoms with van der Waals surface area (Å²) < 4.78 is 1.81. The smallest absolute Gasteiger partial charge is 0.292 e. The fourth-order valence-electron chi connectivity index (χ4n) is 3.43. The Kier molecular flexibility index (Phi) is 5.83. The molecule has 2 N–H and O–H groups in total. The molecule has 2 aromatic rings. The number of fused-ring (bicyclic) bond motifs is 1. The van der Waals surface area contributed by atoms with Gasteiger partial charge < -0.3 is 19.9 Å². The molecule has 1 aromatic heterocycles. The molecule has 0 spiro atoms. The van der Waals surface area contributed by atoms with Gasteiger partial charge in [-0.3, -0.25) is 9.59 Å². The molecule has 0 unspecified atom stereocenters. The molecule has 134 valence electrons. The number of benzene rings is 1. The molecule has 1 aromatic carbocycles. The minimum absolute atomic E-state index is 0.0195. The molecular formula is C19H25N3O3. The number of amides is 1. The van der Waals surface area contributed by atoms with Crippen LogP contribution in [0.2, 0.25) is 0 Å². The third-order valence-corrected chi connectivity index (χ3v) is 4.74. The van der Waals surface area contributed by atoms with Gasteiger partial charge in [0.05, 0.1) is 12.2 Å². The van der Waals surface area contributed by atoms with Crippen LogP contribution in [0.15, 0.2) is 30.5 Å². The van der Waals surface area contributed by atoms with Gasteiger partial charge in [0.1, 0.15) is 0 Å². The molecule has 0 bridgehead atoms. The highest BCUT2D eigenvalue weighted by Gasteiger charge is 2.21. The number of hydrogen-bond acceptors (Lipinski definition) is 4. The number of carbonyl (C=O) groups excluding carboxylic acids is 2. The quantitative estimate of drug-likeness (QED) is 0.589. The van der Waals surface area contributed by atoms with Crippen molar-refractivity contribution in [3.63, 3.8) is 0 Å². The number of nitrogens with zero attached hydrogens (tertiary/aromatic N) is 2. The highest BCUT2D eigenvalue weighted by molar-refractivity contribution is 6.45. The van der Waals surface area contributed by atoms with Crippen LogP contribution in [0.3, 0.4) is 0 Å². The first-order chi connectivity index (χ1) is 12.2. The normalized spacial score (nSPS) is 15.4. The number of likely N-dealkylation sites (tertiary alicyclic amines) is 1. The van der Waals surface area contributed by atoms with Crippen molar-refractivity contribution in [3.8, 4) is 0 Å². The monoisotopic (exact) mass is 343 g/mol.